The number of aliphatic imine (C=N–C) groups is 1. The molecule has 7 nitrogen and oxygen atoms in total. The predicted octanol–water partition coefficient (Wildman–Crippen LogP) is 3.65. The van der Waals surface area contributed by atoms with E-state index in [0.717, 1.165) is 26.1 Å². The maximum Gasteiger partial charge on any atom is 0.340 e. The number of carbonyl (C=O) groups excluding carboxylic acids is 1. The van der Waals surface area contributed by atoms with Crippen molar-refractivity contribution in [2.45, 2.75) is 33.8 Å². The van der Waals surface area contributed by atoms with Crippen molar-refractivity contribution in [2.75, 3.05) is 26.2 Å². The highest BCUT2D eigenvalue weighted by atomic mass is 35.5. The molecular weight excluding hydrogens is 406 g/mol. The van der Waals surface area contributed by atoms with E-state index in [2.05, 4.69) is 28.7 Å². The molecule has 2 aromatic rings. The number of para-hydroxylation sites is 1. The van der Waals surface area contributed by atoms with Crippen LogP contribution < -0.4 is 0 Å². The molecule has 8 heteroatoms. The summed E-state index contributed by atoms with van der Waals surface area (Å²) in [6.07, 6.45) is 3.69. The molecule has 0 radical (unpaired) electrons. The van der Waals surface area contributed by atoms with Gasteiger partial charge in [-0.25, -0.2) is 4.79 Å². The topological polar surface area (TPSA) is 95.2 Å². The lowest BCUT2D eigenvalue weighted by molar-refractivity contribution is 0.0490. The summed E-state index contributed by atoms with van der Waals surface area (Å²) in [7, 11) is 0. The number of aliphatic hydroxyl groups is 1. The van der Waals surface area contributed by atoms with Crippen LogP contribution in [0.2, 0.25) is 0 Å². The molecule has 1 aromatic heterocycles. The number of ether oxygens (including phenoxy) is 1. The fourth-order valence-electron chi connectivity index (χ4n) is 2.89. The number of aromatic hydroxyl groups is 1. The van der Waals surface area contributed by atoms with Gasteiger partial charge in [0.25, 0.3) is 0 Å². The van der Waals surface area contributed by atoms with Crippen LogP contribution in [0.4, 0.5) is 5.69 Å². The van der Waals surface area contributed by atoms with Crippen molar-refractivity contribution in [1.29, 1.82) is 0 Å². The molecule has 0 saturated heterocycles. The zero-order valence-corrected chi connectivity index (χ0v) is 18.5. The van der Waals surface area contributed by atoms with Gasteiger partial charge in [0.05, 0.1) is 30.2 Å². The van der Waals surface area contributed by atoms with Crippen LogP contribution in [-0.2, 0) is 11.3 Å². The van der Waals surface area contributed by atoms with Crippen LogP contribution in [-0.4, -0.2) is 58.5 Å². The Balaban J connectivity index is 0.00000450. The number of carbonyl (C=O) groups is 1. The fourth-order valence-corrected chi connectivity index (χ4v) is 2.89. The summed E-state index contributed by atoms with van der Waals surface area (Å²) in [6.45, 7) is 8.76. The van der Waals surface area contributed by atoms with Gasteiger partial charge in [0, 0.05) is 30.1 Å². The van der Waals surface area contributed by atoms with Crippen LogP contribution >= 0.6 is 12.4 Å². The summed E-state index contributed by atoms with van der Waals surface area (Å²) in [5, 5.41) is 19.7. The second-order valence-electron chi connectivity index (χ2n) is 6.58. The first-order valence-electron chi connectivity index (χ1n) is 9.82. The van der Waals surface area contributed by atoms with Crippen LogP contribution in [0.15, 0.2) is 35.5 Å². The number of rotatable bonds is 10. The zero-order chi connectivity index (χ0) is 21.2. The lowest BCUT2D eigenvalue weighted by atomic mass is 10.1. The number of hydrogen-bond acceptors (Lipinski definition) is 7. The van der Waals surface area contributed by atoms with Crippen LogP contribution in [0.25, 0.3) is 0 Å². The lowest BCUT2D eigenvalue weighted by Gasteiger charge is -2.17. The highest BCUT2D eigenvalue weighted by molar-refractivity contribution is 5.97. The average Bonchev–Trinajstić information content (AvgIpc) is 2.75. The maximum absolute atomic E-state index is 12.5. The molecule has 0 unspecified atom stereocenters. The van der Waals surface area contributed by atoms with Crippen LogP contribution in [0.3, 0.4) is 0 Å². The molecule has 1 heterocycles. The molecule has 2 rings (SSSR count). The summed E-state index contributed by atoms with van der Waals surface area (Å²) in [5.74, 6) is -0.480. The molecule has 0 fully saturated rings. The molecule has 0 spiro atoms. The summed E-state index contributed by atoms with van der Waals surface area (Å²) in [4.78, 5) is 23.2. The summed E-state index contributed by atoms with van der Waals surface area (Å²) in [6, 6.07) is 6.88. The van der Waals surface area contributed by atoms with Gasteiger partial charge in [0.1, 0.15) is 5.75 Å². The molecule has 1 aromatic carbocycles. The maximum atomic E-state index is 12.5. The minimum Gasteiger partial charge on any atom is -0.505 e. The quantitative estimate of drug-likeness (QED) is 0.336. The van der Waals surface area contributed by atoms with Gasteiger partial charge in [-0.3, -0.25) is 9.98 Å². The molecule has 0 aliphatic heterocycles. The Morgan fingerprint density at radius 1 is 1.27 bits per heavy atom. The fraction of sp³-hybridized carbons (Fsp3) is 0.409. The number of aliphatic hydroxyl groups excluding tert-OH is 1. The third-order valence-electron chi connectivity index (χ3n) is 4.73. The number of benzene rings is 1. The van der Waals surface area contributed by atoms with Gasteiger partial charge in [0.2, 0.25) is 0 Å². The van der Waals surface area contributed by atoms with E-state index in [4.69, 9.17) is 4.74 Å². The van der Waals surface area contributed by atoms with Crippen molar-refractivity contribution in [1.82, 2.24) is 9.88 Å². The first-order valence-corrected chi connectivity index (χ1v) is 9.82. The molecule has 0 saturated carbocycles. The van der Waals surface area contributed by atoms with E-state index in [1.165, 1.54) is 12.4 Å². The number of nitrogens with zero attached hydrogens (tertiary/aromatic N) is 3. The SMILES string of the molecule is CCN(CC)CCCOC(=O)c1ccccc1N=Cc1c(CO)cnc(C)c1O.Cl. The van der Waals surface area contributed by atoms with Crippen molar-refractivity contribution < 1.29 is 19.7 Å². The van der Waals surface area contributed by atoms with E-state index in [1.54, 1.807) is 31.2 Å². The van der Waals surface area contributed by atoms with E-state index in [9.17, 15) is 15.0 Å². The van der Waals surface area contributed by atoms with Crippen LogP contribution in [0, 0.1) is 6.92 Å². The number of pyridine rings is 1. The van der Waals surface area contributed by atoms with Crippen molar-refractivity contribution in [3.63, 3.8) is 0 Å². The van der Waals surface area contributed by atoms with E-state index in [1.807, 2.05) is 0 Å². The van der Waals surface area contributed by atoms with Gasteiger partial charge in [0.15, 0.2) is 0 Å². The van der Waals surface area contributed by atoms with Crippen LogP contribution in [0.5, 0.6) is 5.75 Å². The van der Waals surface area contributed by atoms with Crippen molar-refractivity contribution >= 4 is 30.3 Å². The average molecular weight is 436 g/mol. The molecule has 0 aliphatic rings. The van der Waals surface area contributed by atoms with Crippen LogP contribution in [0.1, 0.15) is 47.4 Å². The number of halogens is 1. The van der Waals surface area contributed by atoms with E-state index in [0.29, 0.717) is 34.7 Å². The molecule has 0 amide bonds. The van der Waals surface area contributed by atoms with E-state index >= 15 is 0 Å². The Kier molecular flexibility index (Phi) is 11.0. The zero-order valence-electron chi connectivity index (χ0n) is 17.7. The highest BCUT2D eigenvalue weighted by Crippen LogP contribution is 2.25. The smallest absolute Gasteiger partial charge is 0.340 e. The number of aromatic nitrogens is 1. The first-order chi connectivity index (χ1) is 14.0. The molecule has 0 bridgehead atoms. The Morgan fingerprint density at radius 3 is 2.63 bits per heavy atom. The predicted molar refractivity (Wildman–Crippen MR) is 120 cm³/mol. The van der Waals surface area contributed by atoms with Gasteiger partial charge < -0.3 is 19.8 Å². The summed E-state index contributed by atoms with van der Waals surface area (Å²) in [5.41, 5.74) is 2.04. The third-order valence-corrected chi connectivity index (χ3v) is 4.73. The van der Waals surface area contributed by atoms with Gasteiger partial charge in [-0.05, 0) is 38.6 Å². The number of aryl methyl sites for hydroxylation is 1. The Hall–Kier alpha value is -2.48. The van der Waals surface area contributed by atoms with Gasteiger partial charge in [-0.1, -0.05) is 26.0 Å². The van der Waals surface area contributed by atoms with Crippen molar-refractivity contribution in [3.05, 3.63) is 52.8 Å². The first kappa shape index (κ1) is 25.6. The molecule has 30 heavy (non-hydrogen) atoms. The molecule has 164 valence electrons. The minimum absolute atomic E-state index is 0. The number of esters is 1. The normalized spacial score (nSPS) is 11.0. The second kappa shape index (κ2) is 13.0. The molecular formula is C22H30ClN3O4. The third kappa shape index (κ3) is 6.79. The summed E-state index contributed by atoms with van der Waals surface area (Å²) >= 11 is 0. The molecule has 0 atom stereocenters. The van der Waals surface area contributed by atoms with E-state index in [-0.39, 0.29) is 24.8 Å². The van der Waals surface area contributed by atoms with Gasteiger partial charge in [-0.2, -0.15) is 0 Å². The lowest BCUT2D eigenvalue weighted by Crippen LogP contribution is -2.25. The van der Waals surface area contributed by atoms with E-state index < -0.39 is 5.97 Å². The van der Waals surface area contributed by atoms with Crippen molar-refractivity contribution in [3.8, 4) is 5.75 Å². The molecule has 0 aliphatic carbocycles. The molecule has 2 N–H and O–H groups in total. The highest BCUT2D eigenvalue weighted by Gasteiger charge is 2.13. The van der Waals surface area contributed by atoms with Gasteiger partial charge >= 0.3 is 5.97 Å². The van der Waals surface area contributed by atoms with Gasteiger partial charge in [-0.15, -0.1) is 12.4 Å². The Labute approximate surface area is 183 Å². The number of hydrogen-bond donors (Lipinski definition) is 2. The monoisotopic (exact) mass is 435 g/mol. The van der Waals surface area contributed by atoms with Crippen molar-refractivity contribution in [2.24, 2.45) is 4.99 Å². The second-order valence-corrected chi connectivity index (χ2v) is 6.58. The Morgan fingerprint density at radius 2 is 1.97 bits per heavy atom. The summed E-state index contributed by atoms with van der Waals surface area (Å²) < 4.78 is 5.41. The Bertz CT molecular complexity index is 854. The standard InChI is InChI=1S/C22H29N3O4.ClH/c1-4-25(5-2)11-8-12-29-22(28)18-9-6-7-10-20(18)24-14-19-17(15-26)13-23-16(3)21(19)27;/h6-7,9-10,13-14,26-27H,4-5,8,11-12,15H2,1-3H3;1H. The largest absolute Gasteiger partial charge is 0.505 e. The minimum atomic E-state index is -0.435.